The number of primary amides is 1. The maximum absolute atomic E-state index is 12.1. The van der Waals surface area contributed by atoms with Crippen LogP contribution >= 0.6 is 11.6 Å². The van der Waals surface area contributed by atoms with Crippen molar-refractivity contribution in [2.24, 2.45) is 5.73 Å². The van der Waals surface area contributed by atoms with Gasteiger partial charge in [0.1, 0.15) is 0 Å². The van der Waals surface area contributed by atoms with Crippen LogP contribution in [0.1, 0.15) is 19.3 Å². The lowest BCUT2D eigenvalue weighted by Gasteiger charge is -2.32. The Morgan fingerprint density at radius 3 is 2.81 bits per heavy atom. The first-order valence-electron chi connectivity index (χ1n) is 6.85. The second kappa shape index (κ2) is 6.78. The van der Waals surface area contributed by atoms with Gasteiger partial charge in [0.2, 0.25) is 11.8 Å². The van der Waals surface area contributed by atoms with Crippen LogP contribution in [0.15, 0.2) is 18.2 Å². The van der Waals surface area contributed by atoms with Crippen molar-refractivity contribution in [3.8, 4) is 0 Å². The SMILES string of the molecule is NC(=O)C1CCCCN1CC(=O)Nc1ccc(Cl)c(N)c1. The van der Waals surface area contributed by atoms with Crippen LogP contribution < -0.4 is 16.8 Å². The fraction of sp³-hybridized carbons (Fsp3) is 0.429. The number of hydrogen-bond donors (Lipinski definition) is 3. The molecule has 0 saturated carbocycles. The Morgan fingerprint density at radius 1 is 1.38 bits per heavy atom. The topological polar surface area (TPSA) is 101 Å². The Kier molecular flexibility index (Phi) is 5.03. The predicted octanol–water partition coefficient (Wildman–Crippen LogP) is 1.20. The van der Waals surface area contributed by atoms with Crippen molar-refractivity contribution in [2.75, 3.05) is 24.1 Å². The quantitative estimate of drug-likeness (QED) is 0.727. The molecule has 0 spiro atoms. The van der Waals surface area contributed by atoms with Crippen LogP contribution in [0.2, 0.25) is 5.02 Å². The van der Waals surface area contributed by atoms with Crippen molar-refractivity contribution in [2.45, 2.75) is 25.3 Å². The van der Waals surface area contributed by atoms with Gasteiger partial charge in [-0.3, -0.25) is 14.5 Å². The molecule has 1 aliphatic heterocycles. The van der Waals surface area contributed by atoms with Gasteiger partial charge in [-0.2, -0.15) is 0 Å². The van der Waals surface area contributed by atoms with Crippen LogP contribution in [0.3, 0.4) is 0 Å². The minimum absolute atomic E-state index is 0.135. The van der Waals surface area contributed by atoms with Crippen molar-refractivity contribution < 1.29 is 9.59 Å². The highest BCUT2D eigenvalue weighted by Crippen LogP contribution is 2.22. The maximum atomic E-state index is 12.1. The number of carbonyl (C=O) groups excluding carboxylic acids is 2. The number of carbonyl (C=O) groups is 2. The average Bonchev–Trinajstić information content (AvgIpc) is 2.43. The zero-order chi connectivity index (χ0) is 15.4. The van der Waals surface area contributed by atoms with E-state index in [0.29, 0.717) is 29.4 Å². The van der Waals surface area contributed by atoms with Crippen molar-refractivity contribution in [3.63, 3.8) is 0 Å². The van der Waals surface area contributed by atoms with E-state index in [0.717, 1.165) is 12.8 Å². The summed E-state index contributed by atoms with van der Waals surface area (Å²) in [6, 6.07) is 4.54. The average molecular weight is 311 g/mol. The Bertz CT molecular complexity index is 550. The summed E-state index contributed by atoms with van der Waals surface area (Å²) in [7, 11) is 0. The van der Waals surface area contributed by atoms with Crippen LogP contribution in [0.5, 0.6) is 0 Å². The summed E-state index contributed by atoms with van der Waals surface area (Å²) in [5, 5.41) is 3.19. The van der Waals surface area contributed by atoms with E-state index in [1.807, 2.05) is 4.90 Å². The molecular formula is C14H19ClN4O2. The molecule has 1 aromatic rings. The molecule has 0 aromatic heterocycles. The highest BCUT2D eigenvalue weighted by atomic mass is 35.5. The molecule has 2 amide bonds. The summed E-state index contributed by atoms with van der Waals surface area (Å²) in [6.45, 7) is 0.833. The van der Waals surface area contributed by atoms with E-state index < -0.39 is 0 Å². The monoisotopic (exact) mass is 310 g/mol. The molecule has 1 aliphatic rings. The van der Waals surface area contributed by atoms with Crippen LogP contribution in [-0.2, 0) is 9.59 Å². The Morgan fingerprint density at radius 2 is 2.14 bits per heavy atom. The first-order valence-corrected chi connectivity index (χ1v) is 7.23. The highest BCUT2D eigenvalue weighted by Gasteiger charge is 2.28. The molecule has 0 bridgehead atoms. The summed E-state index contributed by atoms with van der Waals surface area (Å²) in [4.78, 5) is 25.3. The minimum Gasteiger partial charge on any atom is -0.397 e. The Balaban J connectivity index is 1.97. The number of anilines is 2. The zero-order valence-corrected chi connectivity index (χ0v) is 12.4. The van der Waals surface area contributed by atoms with Crippen molar-refractivity contribution in [1.82, 2.24) is 4.90 Å². The van der Waals surface area contributed by atoms with E-state index in [2.05, 4.69) is 5.32 Å². The molecule has 21 heavy (non-hydrogen) atoms. The molecule has 7 heteroatoms. The molecule has 5 N–H and O–H groups in total. The van der Waals surface area contributed by atoms with E-state index in [1.165, 1.54) is 0 Å². The van der Waals surface area contributed by atoms with Gasteiger partial charge < -0.3 is 16.8 Å². The van der Waals surface area contributed by atoms with Gasteiger partial charge in [-0.15, -0.1) is 0 Å². The minimum atomic E-state index is -0.377. The van der Waals surface area contributed by atoms with E-state index in [4.69, 9.17) is 23.1 Å². The number of hydrogen-bond acceptors (Lipinski definition) is 4. The smallest absolute Gasteiger partial charge is 0.238 e. The van der Waals surface area contributed by atoms with Crippen LogP contribution in [-0.4, -0.2) is 35.8 Å². The summed E-state index contributed by atoms with van der Waals surface area (Å²) < 4.78 is 0. The summed E-state index contributed by atoms with van der Waals surface area (Å²) >= 11 is 5.83. The van der Waals surface area contributed by atoms with Crippen molar-refractivity contribution >= 4 is 34.8 Å². The largest absolute Gasteiger partial charge is 0.397 e. The molecule has 1 atom stereocenters. The summed E-state index contributed by atoms with van der Waals surface area (Å²) in [6.07, 6.45) is 2.63. The van der Waals surface area contributed by atoms with E-state index in [9.17, 15) is 9.59 Å². The van der Waals surface area contributed by atoms with Gasteiger partial charge in [0.15, 0.2) is 0 Å². The van der Waals surface area contributed by atoms with E-state index in [1.54, 1.807) is 18.2 Å². The van der Waals surface area contributed by atoms with E-state index >= 15 is 0 Å². The predicted molar refractivity (Wildman–Crippen MR) is 82.9 cm³/mol. The number of nitrogens with zero attached hydrogens (tertiary/aromatic N) is 1. The number of halogens is 1. The number of benzene rings is 1. The zero-order valence-electron chi connectivity index (χ0n) is 11.6. The first kappa shape index (κ1) is 15.6. The number of nitrogen functional groups attached to an aromatic ring is 1. The first-order chi connectivity index (χ1) is 9.97. The molecule has 1 aromatic carbocycles. The standard InChI is InChI=1S/C14H19ClN4O2/c15-10-5-4-9(7-11(10)16)18-13(20)8-19-6-2-1-3-12(19)14(17)21/h4-5,7,12H,1-3,6,8,16H2,(H2,17,21)(H,18,20). The Hall–Kier alpha value is -1.79. The van der Waals surface area contributed by atoms with Gasteiger partial charge in [-0.05, 0) is 37.6 Å². The second-order valence-electron chi connectivity index (χ2n) is 5.17. The Labute approximate surface area is 128 Å². The summed E-state index contributed by atoms with van der Waals surface area (Å²) in [5.74, 6) is -0.580. The lowest BCUT2D eigenvalue weighted by molar-refractivity contribution is -0.126. The molecule has 2 rings (SSSR count). The molecule has 0 aliphatic carbocycles. The number of likely N-dealkylation sites (tertiary alicyclic amines) is 1. The lowest BCUT2D eigenvalue weighted by atomic mass is 10.0. The third kappa shape index (κ3) is 4.09. The van der Waals surface area contributed by atoms with Gasteiger partial charge in [0, 0.05) is 5.69 Å². The fourth-order valence-corrected chi connectivity index (χ4v) is 2.63. The number of piperidine rings is 1. The second-order valence-corrected chi connectivity index (χ2v) is 5.58. The van der Waals surface area contributed by atoms with Gasteiger partial charge in [0.05, 0.1) is 23.3 Å². The highest BCUT2D eigenvalue weighted by molar-refractivity contribution is 6.33. The third-order valence-electron chi connectivity index (χ3n) is 3.57. The van der Waals surface area contributed by atoms with Crippen LogP contribution in [0, 0.1) is 0 Å². The van der Waals surface area contributed by atoms with Gasteiger partial charge >= 0.3 is 0 Å². The molecule has 1 saturated heterocycles. The number of amides is 2. The molecule has 114 valence electrons. The lowest BCUT2D eigenvalue weighted by Crippen LogP contribution is -2.50. The maximum Gasteiger partial charge on any atom is 0.238 e. The molecule has 1 heterocycles. The van der Waals surface area contributed by atoms with Crippen molar-refractivity contribution in [3.05, 3.63) is 23.2 Å². The van der Waals surface area contributed by atoms with Gasteiger partial charge in [-0.1, -0.05) is 18.0 Å². The van der Waals surface area contributed by atoms with Crippen molar-refractivity contribution in [1.29, 1.82) is 0 Å². The van der Waals surface area contributed by atoms with Gasteiger partial charge in [0.25, 0.3) is 0 Å². The molecule has 6 nitrogen and oxygen atoms in total. The fourth-order valence-electron chi connectivity index (χ4n) is 2.51. The summed E-state index contributed by atoms with van der Waals surface area (Å²) in [5.41, 5.74) is 12.0. The number of nitrogens with one attached hydrogen (secondary N) is 1. The van der Waals surface area contributed by atoms with E-state index in [-0.39, 0.29) is 24.4 Å². The van der Waals surface area contributed by atoms with Crippen LogP contribution in [0.25, 0.3) is 0 Å². The number of nitrogens with two attached hydrogens (primary N) is 2. The van der Waals surface area contributed by atoms with Gasteiger partial charge in [-0.25, -0.2) is 0 Å². The third-order valence-corrected chi connectivity index (χ3v) is 3.91. The molecule has 1 unspecified atom stereocenters. The molecule has 0 radical (unpaired) electrons. The molecule has 1 fully saturated rings. The normalized spacial score (nSPS) is 19.2. The molecular weight excluding hydrogens is 292 g/mol. The van der Waals surface area contributed by atoms with Crippen LogP contribution in [0.4, 0.5) is 11.4 Å². The number of rotatable bonds is 4.